The van der Waals surface area contributed by atoms with Crippen LogP contribution in [0.4, 0.5) is 0 Å². The van der Waals surface area contributed by atoms with Crippen LogP contribution in [0, 0.1) is 159 Å². The fraction of sp³-hybridized carbons (Fsp3) is 0.944. The van der Waals surface area contributed by atoms with E-state index < -0.39 is 39.9 Å². The fourth-order valence-corrected chi connectivity index (χ4v) is 34.7. The maximum absolute atomic E-state index is 12.2. The minimum absolute atomic E-state index is 0. The molecule has 0 N–H and O–H groups in total. The molecule has 25 fully saturated rings. The largest absolute Gasteiger partial charge is 0.466 e. The second-order valence-corrected chi connectivity index (χ2v) is 48.7. The zero-order valence-electron chi connectivity index (χ0n) is 77.7. The lowest BCUT2D eigenvalue weighted by Crippen LogP contribution is -2.42. The van der Waals surface area contributed by atoms with E-state index >= 15 is 0 Å². The normalized spacial score (nSPS) is 41.2. The molecule has 31 atom stereocenters. The SMILES string of the molecule is CC.CC.CC.CC.CC.CC.CC.CC.CC.O=C1CCCO1.O=C1OC2CC3CC1C2C3.O=C1OCC2C3CC(C12)C1C2CCC(C2)C31.O=C1OCC2C3CCC(C3)C12.O=C1OCCC12CC1CC2C2C3CCC(C3)C12.O=S1(=O)CC2CC3CC2C1C3.O=S1(=O)CCCC1.O=S1(=O)CCCO1.O=S1(=O)OC2CC3CC2C1C3.S.S=S.S=S=S.S=S=S=S. The van der Waals surface area contributed by atoms with Gasteiger partial charge in [0.15, 0.2) is 9.84 Å². The molecule has 25 aliphatic rings. The summed E-state index contributed by atoms with van der Waals surface area (Å²) < 4.78 is 121. The van der Waals surface area contributed by atoms with Gasteiger partial charge in [0.05, 0.1) is 95.8 Å². The van der Waals surface area contributed by atoms with Crippen molar-refractivity contribution in [3.63, 3.8) is 0 Å². The van der Waals surface area contributed by atoms with E-state index in [-0.39, 0.29) is 71.1 Å². The van der Waals surface area contributed by atoms with Gasteiger partial charge in [-0.25, -0.2) is 16.8 Å². The maximum Gasteiger partial charge on any atom is 0.312 e. The molecule has 9 aliphatic heterocycles. The Balaban J connectivity index is 0.000000286. The molecule has 16 aliphatic carbocycles. The van der Waals surface area contributed by atoms with Crippen molar-refractivity contribution < 1.29 is 89.7 Å². The highest BCUT2D eigenvalue weighted by atomic mass is 33.2. The van der Waals surface area contributed by atoms with E-state index in [4.69, 9.17) is 23.1 Å². The summed E-state index contributed by atoms with van der Waals surface area (Å²) >= 11 is 24.2. The number of sulfone groups is 2. The van der Waals surface area contributed by atoms with Crippen LogP contribution in [0.25, 0.3) is 0 Å². The summed E-state index contributed by atoms with van der Waals surface area (Å²) in [6, 6.07) is 0. The van der Waals surface area contributed by atoms with Gasteiger partial charge in [-0.15, -0.1) is 0 Å². The molecule has 0 aromatic carbocycles. The van der Waals surface area contributed by atoms with Gasteiger partial charge in [0.2, 0.25) is 0 Å². The van der Waals surface area contributed by atoms with Gasteiger partial charge in [-0.2, -0.15) is 30.3 Å². The quantitative estimate of drug-likeness (QED) is 0.0942. The summed E-state index contributed by atoms with van der Waals surface area (Å²) in [6.45, 7) is 39.2. The van der Waals surface area contributed by atoms with Crippen molar-refractivity contribution in [2.45, 2.75) is 321 Å². The average Bonchev–Trinajstić information content (AvgIpc) is 1.53. The van der Waals surface area contributed by atoms with E-state index in [2.05, 4.69) is 76.0 Å². The maximum atomic E-state index is 12.2. The molecule has 0 radical (unpaired) electrons. The van der Waals surface area contributed by atoms with Crippen LogP contribution in [0.3, 0.4) is 0 Å². The fourth-order valence-electron chi connectivity index (χ4n) is 27.7. The van der Waals surface area contributed by atoms with Gasteiger partial charge >= 0.3 is 29.8 Å². The lowest BCUT2D eigenvalue weighted by molar-refractivity contribution is -0.151. The molecule has 0 aromatic heterocycles. The summed E-state index contributed by atoms with van der Waals surface area (Å²) in [6.07, 6.45) is 32.0. The Morgan fingerprint density at radius 1 is 0.395 bits per heavy atom. The van der Waals surface area contributed by atoms with Gasteiger partial charge < -0.3 is 23.7 Å². The van der Waals surface area contributed by atoms with E-state index in [0.29, 0.717) is 127 Å². The Hall–Kier alpha value is -0.600. The number of carbonyl (C=O) groups is 5. The third-order valence-electron chi connectivity index (χ3n) is 30.9. The van der Waals surface area contributed by atoms with E-state index in [1.54, 1.807) is 0 Å². The summed E-state index contributed by atoms with van der Waals surface area (Å²) in [5.74, 6) is 21.2. The van der Waals surface area contributed by atoms with Gasteiger partial charge in [-0.05, 0) is 279 Å². The molecule has 9 saturated heterocycles. The number of hydrogen-bond donors (Lipinski definition) is 0. The van der Waals surface area contributed by atoms with Gasteiger partial charge in [0.1, 0.15) is 15.9 Å². The van der Waals surface area contributed by atoms with Crippen LogP contribution >= 0.6 is 13.5 Å². The summed E-state index contributed by atoms with van der Waals surface area (Å²) in [7, 11) is -8.10. The lowest BCUT2D eigenvalue weighted by Gasteiger charge is -2.42. The Labute approximate surface area is 795 Å². The molecule has 124 heavy (non-hydrogen) atoms. The van der Waals surface area contributed by atoms with Crippen molar-refractivity contribution in [1.82, 2.24) is 0 Å². The van der Waals surface area contributed by atoms with Gasteiger partial charge in [0.25, 0.3) is 20.2 Å². The van der Waals surface area contributed by atoms with Gasteiger partial charge in [-0.1, -0.05) is 125 Å². The molecule has 0 amide bonds. The van der Waals surface area contributed by atoms with Crippen molar-refractivity contribution in [2.75, 3.05) is 56.0 Å². The van der Waals surface area contributed by atoms with E-state index in [1.165, 1.54) is 114 Å². The predicted molar refractivity (Wildman–Crippen MR) is 524 cm³/mol. The molecule has 25 rings (SSSR count). The topological polar surface area (TPSA) is 287 Å². The van der Waals surface area contributed by atoms with Crippen LogP contribution in [-0.4, -0.2) is 142 Å². The molecule has 34 heteroatoms. The van der Waals surface area contributed by atoms with Crippen molar-refractivity contribution in [1.29, 1.82) is 0 Å². The molecule has 31 unspecified atom stereocenters. The highest BCUT2D eigenvalue weighted by Crippen LogP contribution is 2.74. The number of esters is 5. The van der Waals surface area contributed by atoms with Gasteiger partial charge in [0, 0.05) is 124 Å². The Kier molecular flexibility index (Phi) is 51.7. The molecule has 0 aromatic rings. The van der Waals surface area contributed by atoms with Crippen LogP contribution in [0.15, 0.2) is 0 Å². The number of rotatable bonds is 0. The molecule has 1 spiro atoms. The van der Waals surface area contributed by atoms with Crippen molar-refractivity contribution in [3.8, 4) is 0 Å². The minimum Gasteiger partial charge on any atom is -0.466 e. The summed E-state index contributed by atoms with van der Waals surface area (Å²) in [5, 5.41) is -0.0440. The van der Waals surface area contributed by atoms with Crippen LogP contribution in [-0.2, 0) is 190 Å². The second-order valence-electron chi connectivity index (χ2n) is 35.3. The Bertz CT molecular complexity index is 3770. The summed E-state index contributed by atoms with van der Waals surface area (Å²) in [4.78, 5) is 56.3. The monoisotopic (exact) mass is 2010 g/mol. The molecule has 16 bridgehead atoms. The Morgan fingerprint density at radius 3 is 1.32 bits per heavy atom. The first kappa shape index (κ1) is 116. The highest BCUT2D eigenvalue weighted by Gasteiger charge is 2.72. The summed E-state index contributed by atoms with van der Waals surface area (Å²) in [5.41, 5.74) is -0.00366. The number of fused-ring (bicyclic) bond motifs is 30. The van der Waals surface area contributed by atoms with Crippen LogP contribution in [0.5, 0.6) is 0 Å². The minimum atomic E-state index is -3.13. The molecular formula is C90H158O20S14. The molecule has 9 heterocycles. The van der Waals surface area contributed by atoms with Crippen LogP contribution in [0.1, 0.15) is 298 Å². The van der Waals surface area contributed by atoms with E-state index in [9.17, 15) is 57.6 Å². The smallest absolute Gasteiger partial charge is 0.312 e. The zero-order valence-corrected chi connectivity index (χ0v) is 89.4. The molecule has 20 nitrogen and oxygen atoms in total. The first-order valence-electron chi connectivity index (χ1n) is 48.1. The van der Waals surface area contributed by atoms with E-state index in [0.717, 1.165) is 169 Å². The predicted octanol–water partition coefficient (Wildman–Crippen LogP) is 17.8. The van der Waals surface area contributed by atoms with Crippen molar-refractivity contribution in [3.05, 3.63) is 0 Å². The standard InChI is InChI=1S/C15H20O2.C14H18O2.C9H12O2.C8H12O2S.C8H10O2.C7H10O3S.C4H8O2S.C4H6O2.C3H6O3S.9C2H6.S4.S3.S2.H2S/c16-14-15(3-4-17-14)7-10-6-11(15)13-9-2-1-8(5-9)12(10)13;15-14-13-9-4-8(10(13)5-16-14)11-6-1-2-7(3-6)12(9)11;10-9-8-6-2-1-5(3-6)7(8)4-11-9;9-11(10)4-6-1-5-2-7(6)8(11)3-5;9-8-6-2-4-1-5(6)7(3-4)10-8;8-11(9)7-3-4-1-5(7)6(2-4)10-11;5-7(6)3-1-2-4-7;5-4-2-1-3-6-4;4-7(5)3-1-2-6-7;9*1-2;1-3-4-2;1-3-2;1-2;/h8-13H,1-7H2;6-13H,1-5H2;2*5-8H,1-4H2;4-7H,1-3H2;4-7H,1-3H2;1-4H2;1-3H2;1-3H2;9*1-2H3;;;;1H2. The number of ether oxygens (including phenoxy) is 5. The first-order valence-corrected chi connectivity index (χ1v) is 62.6. The average molecular weight is 2010 g/mol. The molecular weight excluding hydrogens is 1850 g/mol. The van der Waals surface area contributed by atoms with Gasteiger partial charge in [-0.3, -0.25) is 32.3 Å². The van der Waals surface area contributed by atoms with Crippen molar-refractivity contribution in [2.24, 2.45) is 159 Å². The third-order valence-corrected chi connectivity index (χ3v) is 40.4. The number of cyclic esters (lactones) is 4. The van der Waals surface area contributed by atoms with Crippen LogP contribution in [0.2, 0.25) is 0 Å². The van der Waals surface area contributed by atoms with Crippen molar-refractivity contribution >= 4 is 177 Å². The first-order chi connectivity index (χ1) is 59.3. The number of carbonyl (C=O) groups excluding carboxylic acids is 5. The number of hydrogen-bond acceptors (Lipinski definition) is 26. The highest BCUT2D eigenvalue weighted by molar-refractivity contribution is 8.51. The third kappa shape index (κ3) is 26.8. The molecule has 722 valence electrons. The molecule has 16 saturated carbocycles. The lowest BCUT2D eigenvalue weighted by atomic mass is 9.60. The second kappa shape index (κ2) is 55.4. The van der Waals surface area contributed by atoms with E-state index in [1.807, 2.05) is 125 Å². The van der Waals surface area contributed by atoms with Crippen LogP contribution < -0.4 is 0 Å². The Morgan fingerprint density at radius 2 is 0.895 bits per heavy atom. The zero-order chi connectivity index (χ0) is 92.2.